The quantitative estimate of drug-likeness (QED) is 0.783. The van der Waals surface area contributed by atoms with Crippen LogP contribution in [0.3, 0.4) is 0 Å². The predicted molar refractivity (Wildman–Crippen MR) is 80.3 cm³/mol. The summed E-state index contributed by atoms with van der Waals surface area (Å²) in [5.41, 5.74) is 1.82. The zero-order valence-electron chi connectivity index (χ0n) is 12.2. The second-order valence-electron chi connectivity index (χ2n) is 7.02. The molecule has 3 heteroatoms. The maximum Gasteiger partial charge on any atom is 0.228 e. The van der Waals surface area contributed by atoms with E-state index in [2.05, 4.69) is 47.8 Å². The molecule has 2 nitrogen and oxygen atoms in total. The molecule has 0 radical (unpaired) electrons. The lowest BCUT2D eigenvalue weighted by molar-refractivity contribution is 0.0268. The molecule has 2 aliphatic carbocycles. The maximum absolute atomic E-state index is 6.28. The Balaban J connectivity index is 1.86. The van der Waals surface area contributed by atoms with Crippen molar-refractivity contribution in [3.63, 3.8) is 0 Å². The van der Waals surface area contributed by atoms with Crippen molar-refractivity contribution in [1.29, 1.82) is 0 Å². The average Bonchev–Trinajstić information content (AvgIpc) is 2.65. The molecule has 2 aliphatic rings. The van der Waals surface area contributed by atoms with Gasteiger partial charge in [-0.15, -0.1) is 0 Å². The molecule has 0 N–H and O–H groups in total. The first kappa shape index (κ1) is 13.4. The van der Waals surface area contributed by atoms with E-state index in [0.29, 0.717) is 11.5 Å². The van der Waals surface area contributed by atoms with Gasteiger partial charge in [0, 0.05) is 11.6 Å². The van der Waals surface area contributed by atoms with Crippen LogP contribution in [0.1, 0.15) is 45.6 Å². The van der Waals surface area contributed by atoms with Gasteiger partial charge in [0.25, 0.3) is 0 Å². The highest BCUT2D eigenvalue weighted by Crippen LogP contribution is 2.66. The van der Waals surface area contributed by atoms with E-state index in [1.165, 1.54) is 19.3 Å². The molecular formula is C16H22BrNO. The summed E-state index contributed by atoms with van der Waals surface area (Å²) in [6, 6.07) is 2.07. The number of hydrogen-bond donors (Lipinski definition) is 0. The molecule has 0 aromatic carbocycles. The highest BCUT2D eigenvalue weighted by molar-refractivity contribution is 9.10. The monoisotopic (exact) mass is 323 g/mol. The van der Waals surface area contributed by atoms with Crippen molar-refractivity contribution in [2.24, 2.45) is 16.7 Å². The molecule has 3 rings (SSSR count). The summed E-state index contributed by atoms with van der Waals surface area (Å²) in [6.45, 7) is 9.26. The van der Waals surface area contributed by atoms with Gasteiger partial charge in [0.15, 0.2) is 0 Å². The number of ether oxygens (including phenoxy) is 1. The van der Waals surface area contributed by atoms with E-state index in [0.717, 1.165) is 21.8 Å². The summed E-state index contributed by atoms with van der Waals surface area (Å²) in [7, 11) is 0. The zero-order valence-corrected chi connectivity index (χ0v) is 13.8. The first-order chi connectivity index (χ1) is 8.84. The average molecular weight is 324 g/mol. The minimum absolute atomic E-state index is 0.281. The summed E-state index contributed by atoms with van der Waals surface area (Å²) >= 11 is 3.57. The lowest BCUT2D eigenvalue weighted by atomic mass is 9.70. The van der Waals surface area contributed by atoms with Crippen LogP contribution in [0.25, 0.3) is 0 Å². The van der Waals surface area contributed by atoms with E-state index in [4.69, 9.17) is 4.74 Å². The van der Waals surface area contributed by atoms with E-state index in [-0.39, 0.29) is 5.41 Å². The molecule has 0 amide bonds. The van der Waals surface area contributed by atoms with E-state index in [1.807, 2.05) is 13.1 Å². The summed E-state index contributed by atoms with van der Waals surface area (Å²) in [5.74, 6) is 1.55. The van der Waals surface area contributed by atoms with E-state index in [1.54, 1.807) is 0 Å². The predicted octanol–water partition coefficient (Wildman–Crippen LogP) is 4.75. The van der Waals surface area contributed by atoms with Crippen LogP contribution < -0.4 is 4.74 Å². The van der Waals surface area contributed by atoms with Crippen molar-refractivity contribution in [2.75, 3.05) is 0 Å². The van der Waals surface area contributed by atoms with Gasteiger partial charge in [0.2, 0.25) is 5.88 Å². The molecule has 2 bridgehead atoms. The van der Waals surface area contributed by atoms with E-state index in [9.17, 15) is 0 Å². The Morgan fingerprint density at radius 2 is 2.11 bits per heavy atom. The van der Waals surface area contributed by atoms with Crippen molar-refractivity contribution >= 4 is 15.9 Å². The lowest BCUT2D eigenvalue weighted by Gasteiger charge is -2.38. The minimum Gasteiger partial charge on any atom is -0.473 e. The minimum atomic E-state index is 0.281. The summed E-state index contributed by atoms with van der Waals surface area (Å²) < 4.78 is 7.24. The highest BCUT2D eigenvalue weighted by Gasteiger charge is 2.62. The topological polar surface area (TPSA) is 22.1 Å². The molecule has 1 aromatic rings. The van der Waals surface area contributed by atoms with Gasteiger partial charge in [0.05, 0.1) is 4.47 Å². The van der Waals surface area contributed by atoms with Gasteiger partial charge in [-0.3, -0.25) is 0 Å². The smallest absolute Gasteiger partial charge is 0.228 e. The standard InChI is InChI=1S/C16H22BrNO/c1-10-7-12(17)14(18-9-10)19-13-8-11-5-6-16(13,4)15(11,2)3/h7,9,11,13H,5-6,8H2,1-4H3. The van der Waals surface area contributed by atoms with Crippen LogP contribution in [0.4, 0.5) is 0 Å². The number of rotatable bonds is 2. The third-order valence-electron chi connectivity index (χ3n) is 5.91. The van der Waals surface area contributed by atoms with Crippen LogP contribution in [0.2, 0.25) is 0 Å². The fourth-order valence-electron chi connectivity index (χ4n) is 4.05. The van der Waals surface area contributed by atoms with Crippen LogP contribution in [0, 0.1) is 23.7 Å². The van der Waals surface area contributed by atoms with Crippen molar-refractivity contribution in [3.05, 3.63) is 22.3 Å². The highest BCUT2D eigenvalue weighted by atomic mass is 79.9. The largest absolute Gasteiger partial charge is 0.473 e. The zero-order chi connectivity index (χ0) is 13.8. The number of nitrogens with zero attached hydrogens (tertiary/aromatic N) is 1. The number of aryl methyl sites for hydroxylation is 1. The fourth-order valence-corrected chi connectivity index (χ4v) is 4.61. The molecule has 3 unspecified atom stereocenters. The van der Waals surface area contributed by atoms with Gasteiger partial charge in [-0.05, 0) is 65.1 Å². The Morgan fingerprint density at radius 3 is 2.63 bits per heavy atom. The second kappa shape index (κ2) is 4.21. The molecule has 1 aromatic heterocycles. The Hall–Kier alpha value is -0.570. The molecule has 3 atom stereocenters. The van der Waals surface area contributed by atoms with Gasteiger partial charge in [-0.2, -0.15) is 0 Å². The van der Waals surface area contributed by atoms with Crippen molar-refractivity contribution in [3.8, 4) is 5.88 Å². The van der Waals surface area contributed by atoms with Crippen LogP contribution in [-0.4, -0.2) is 11.1 Å². The van der Waals surface area contributed by atoms with Crippen molar-refractivity contribution in [1.82, 2.24) is 4.98 Å². The summed E-state index contributed by atoms with van der Waals surface area (Å²) in [4.78, 5) is 4.43. The molecule has 0 saturated heterocycles. The van der Waals surface area contributed by atoms with Crippen molar-refractivity contribution in [2.45, 2.75) is 53.1 Å². The van der Waals surface area contributed by atoms with Gasteiger partial charge in [-0.1, -0.05) is 20.8 Å². The summed E-state index contributed by atoms with van der Waals surface area (Å²) in [6.07, 6.45) is 5.98. The Morgan fingerprint density at radius 1 is 1.37 bits per heavy atom. The maximum atomic E-state index is 6.28. The SMILES string of the molecule is Cc1cnc(OC2CC3CCC2(C)C3(C)C)c(Br)c1. The number of halogens is 1. The second-order valence-corrected chi connectivity index (χ2v) is 7.87. The third-order valence-corrected chi connectivity index (χ3v) is 6.48. The third kappa shape index (κ3) is 1.84. The number of fused-ring (bicyclic) bond motifs is 2. The Kier molecular flexibility index (Phi) is 2.97. The van der Waals surface area contributed by atoms with Crippen LogP contribution in [0.15, 0.2) is 16.7 Å². The molecule has 1 heterocycles. The molecular weight excluding hydrogens is 302 g/mol. The molecule has 2 fully saturated rings. The number of pyridine rings is 1. The van der Waals surface area contributed by atoms with Gasteiger partial charge >= 0.3 is 0 Å². The molecule has 0 spiro atoms. The van der Waals surface area contributed by atoms with Crippen LogP contribution in [-0.2, 0) is 0 Å². The normalized spacial score (nSPS) is 35.6. The fraction of sp³-hybridized carbons (Fsp3) is 0.688. The molecule has 104 valence electrons. The molecule has 0 aliphatic heterocycles. The number of aromatic nitrogens is 1. The van der Waals surface area contributed by atoms with Crippen LogP contribution >= 0.6 is 15.9 Å². The summed E-state index contributed by atoms with van der Waals surface area (Å²) in [5, 5.41) is 0. The van der Waals surface area contributed by atoms with Crippen LogP contribution in [0.5, 0.6) is 5.88 Å². The first-order valence-corrected chi connectivity index (χ1v) is 7.93. The molecule has 2 saturated carbocycles. The Labute approximate surface area is 124 Å². The van der Waals surface area contributed by atoms with Gasteiger partial charge in [0.1, 0.15) is 6.10 Å². The number of hydrogen-bond acceptors (Lipinski definition) is 2. The van der Waals surface area contributed by atoms with Gasteiger partial charge < -0.3 is 4.74 Å². The van der Waals surface area contributed by atoms with Gasteiger partial charge in [-0.25, -0.2) is 4.98 Å². The van der Waals surface area contributed by atoms with E-state index >= 15 is 0 Å². The van der Waals surface area contributed by atoms with Crippen molar-refractivity contribution < 1.29 is 4.74 Å². The Bertz CT molecular complexity index is 513. The first-order valence-electron chi connectivity index (χ1n) is 7.13. The van der Waals surface area contributed by atoms with E-state index < -0.39 is 0 Å². The lowest BCUT2D eigenvalue weighted by Crippen LogP contribution is -2.39. The molecule has 19 heavy (non-hydrogen) atoms.